The smallest absolute Gasteiger partial charge is 0.113 e. The fourth-order valence-electron chi connectivity index (χ4n) is 0.868. The summed E-state index contributed by atoms with van der Waals surface area (Å²) < 4.78 is 5.18. The lowest BCUT2D eigenvalue weighted by atomic mass is 10.1. The topological polar surface area (TPSA) is 33.4 Å². The molecule has 0 aromatic carbocycles. The molecule has 0 saturated carbocycles. The Hall–Kier alpha value is -0.410. The van der Waals surface area contributed by atoms with Gasteiger partial charge < -0.3 is 9.52 Å². The molecule has 0 saturated heterocycles. The van der Waals surface area contributed by atoms with Crippen LogP contribution in [0.3, 0.4) is 0 Å². The first-order valence-electron chi connectivity index (χ1n) is 4.46. The van der Waals surface area contributed by atoms with Crippen LogP contribution in [0.2, 0.25) is 0 Å². The first-order chi connectivity index (χ1) is 6.14. The van der Waals surface area contributed by atoms with Gasteiger partial charge in [0.1, 0.15) is 5.76 Å². The van der Waals surface area contributed by atoms with E-state index in [1.165, 1.54) is 0 Å². The number of thioether (sulfide) groups is 1. The molecule has 3 heteroatoms. The SMILES string of the molecule is CCC(C)(O)CSCc1ccco1. The zero-order valence-corrected chi connectivity index (χ0v) is 8.93. The minimum Gasteiger partial charge on any atom is -0.468 e. The lowest BCUT2D eigenvalue weighted by Crippen LogP contribution is -2.25. The maximum absolute atomic E-state index is 9.70. The van der Waals surface area contributed by atoms with E-state index in [4.69, 9.17) is 4.42 Å². The van der Waals surface area contributed by atoms with Gasteiger partial charge >= 0.3 is 0 Å². The molecule has 0 amide bonds. The second kappa shape index (κ2) is 4.72. The van der Waals surface area contributed by atoms with Gasteiger partial charge in [0.05, 0.1) is 17.6 Å². The van der Waals surface area contributed by atoms with Crippen molar-refractivity contribution in [3.63, 3.8) is 0 Å². The van der Waals surface area contributed by atoms with Crippen molar-refractivity contribution >= 4 is 11.8 Å². The Labute approximate surface area is 83.3 Å². The molecule has 1 N–H and O–H groups in total. The summed E-state index contributed by atoms with van der Waals surface area (Å²) in [5.41, 5.74) is -0.544. The molecular weight excluding hydrogens is 184 g/mol. The van der Waals surface area contributed by atoms with Gasteiger partial charge in [-0.25, -0.2) is 0 Å². The van der Waals surface area contributed by atoms with Crippen LogP contribution in [-0.2, 0) is 5.75 Å². The van der Waals surface area contributed by atoms with E-state index in [2.05, 4.69) is 0 Å². The molecule has 13 heavy (non-hydrogen) atoms. The Morgan fingerprint density at radius 3 is 2.92 bits per heavy atom. The Kier molecular flexibility index (Phi) is 3.88. The average Bonchev–Trinajstić information content (AvgIpc) is 2.57. The predicted octanol–water partition coefficient (Wildman–Crippen LogP) is 2.67. The van der Waals surface area contributed by atoms with Gasteiger partial charge in [-0.1, -0.05) is 6.92 Å². The van der Waals surface area contributed by atoms with E-state index in [9.17, 15) is 5.11 Å². The number of aliphatic hydroxyl groups is 1. The lowest BCUT2D eigenvalue weighted by molar-refractivity contribution is 0.0816. The van der Waals surface area contributed by atoms with Crippen molar-refractivity contribution in [2.24, 2.45) is 0 Å². The van der Waals surface area contributed by atoms with Crippen LogP contribution >= 0.6 is 11.8 Å². The number of hydrogen-bond donors (Lipinski definition) is 1. The number of furan rings is 1. The van der Waals surface area contributed by atoms with Crippen molar-refractivity contribution in [1.29, 1.82) is 0 Å². The molecule has 1 aromatic heterocycles. The average molecular weight is 200 g/mol. The molecule has 0 spiro atoms. The normalized spacial score (nSPS) is 15.6. The van der Waals surface area contributed by atoms with Gasteiger partial charge in [0.2, 0.25) is 0 Å². The van der Waals surface area contributed by atoms with Gasteiger partial charge in [-0.2, -0.15) is 11.8 Å². The Morgan fingerprint density at radius 1 is 1.62 bits per heavy atom. The van der Waals surface area contributed by atoms with Gasteiger partial charge in [-0.05, 0) is 25.5 Å². The molecule has 1 aromatic rings. The summed E-state index contributed by atoms with van der Waals surface area (Å²) in [6.45, 7) is 3.86. The summed E-state index contributed by atoms with van der Waals surface area (Å²) >= 11 is 1.70. The summed E-state index contributed by atoms with van der Waals surface area (Å²) in [5.74, 6) is 2.56. The van der Waals surface area contributed by atoms with Gasteiger partial charge in [0, 0.05) is 5.75 Å². The standard InChI is InChI=1S/C10H16O2S/c1-3-10(2,11)8-13-7-9-5-4-6-12-9/h4-6,11H,3,7-8H2,1-2H3. The molecule has 1 unspecified atom stereocenters. The van der Waals surface area contributed by atoms with Crippen LogP contribution in [0.5, 0.6) is 0 Å². The summed E-state index contributed by atoms with van der Waals surface area (Å²) in [6, 6.07) is 3.83. The molecule has 1 atom stereocenters. The first kappa shape index (κ1) is 10.7. The minimum absolute atomic E-state index is 0.544. The quantitative estimate of drug-likeness (QED) is 0.793. The van der Waals surface area contributed by atoms with Crippen molar-refractivity contribution in [2.75, 3.05) is 5.75 Å². The van der Waals surface area contributed by atoms with Crippen LogP contribution in [0.25, 0.3) is 0 Å². The fourth-order valence-corrected chi connectivity index (χ4v) is 1.98. The zero-order valence-electron chi connectivity index (χ0n) is 8.12. The zero-order chi connectivity index (χ0) is 9.73. The van der Waals surface area contributed by atoms with Crippen LogP contribution in [0.4, 0.5) is 0 Å². The molecule has 74 valence electrons. The number of hydrogen-bond acceptors (Lipinski definition) is 3. The Morgan fingerprint density at radius 2 is 2.38 bits per heavy atom. The highest BCUT2D eigenvalue weighted by atomic mass is 32.2. The molecule has 0 aliphatic rings. The van der Waals surface area contributed by atoms with Gasteiger partial charge in [0.15, 0.2) is 0 Å². The highest BCUT2D eigenvalue weighted by molar-refractivity contribution is 7.98. The van der Waals surface area contributed by atoms with E-state index in [0.29, 0.717) is 0 Å². The maximum atomic E-state index is 9.70. The van der Waals surface area contributed by atoms with Crippen molar-refractivity contribution in [3.05, 3.63) is 24.2 Å². The second-order valence-electron chi connectivity index (χ2n) is 3.42. The van der Waals surface area contributed by atoms with Crippen LogP contribution in [0.15, 0.2) is 22.8 Å². The van der Waals surface area contributed by atoms with E-state index in [0.717, 1.165) is 23.7 Å². The van der Waals surface area contributed by atoms with E-state index >= 15 is 0 Å². The van der Waals surface area contributed by atoms with Crippen LogP contribution < -0.4 is 0 Å². The molecule has 1 heterocycles. The maximum Gasteiger partial charge on any atom is 0.113 e. The third-order valence-corrected chi connectivity index (χ3v) is 3.31. The van der Waals surface area contributed by atoms with E-state index in [-0.39, 0.29) is 0 Å². The molecule has 0 aliphatic carbocycles. The fraction of sp³-hybridized carbons (Fsp3) is 0.600. The van der Waals surface area contributed by atoms with E-state index in [1.807, 2.05) is 26.0 Å². The Bertz CT molecular complexity index is 229. The summed E-state index contributed by atoms with van der Waals surface area (Å²) in [7, 11) is 0. The highest BCUT2D eigenvalue weighted by Crippen LogP contribution is 2.20. The molecule has 0 bridgehead atoms. The molecule has 0 fully saturated rings. The van der Waals surface area contributed by atoms with Crippen molar-refractivity contribution in [1.82, 2.24) is 0 Å². The van der Waals surface area contributed by atoms with Crippen LogP contribution in [-0.4, -0.2) is 16.5 Å². The van der Waals surface area contributed by atoms with Crippen molar-refractivity contribution in [3.8, 4) is 0 Å². The van der Waals surface area contributed by atoms with Crippen molar-refractivity contribution < 1.29 is 9.52 Å². The predicted molar refractivity (Wildman–Crippen MR) is 55.8 cm³/mol. The van der Waals surface area contributed by atoms with Gasteiger partial charge in [-0.15, -0.1) is 0 Å². The lowest BCUT2D eigenvalue weighted by Gasteiger charge is -2.19. The van der Waals surface area contributed by atoms with Crippen molar-refractivity contribution in [2.45, 2.75) is 31.6 Å². The first-order valence-corrected chi connectivity index (χ1v) is 5.62. The molecule has 2 nitrogen and oxygen atoms in total. The van der Waals surface area contributed by atoms with Crippen LogP contribution in [0, 0.1) is 0 Å². The second-order valence-corrected chi connectivity index (χ2v) is 4.41. The third kappa shape index (κ3) is 3.87. The van der Waals surface area contributed by atoms with E-state index in [1.54, 1.807) is 18.0 Å². The summed E-state index contributed by atoms with van der Waals surface area (Å²) in [4.78, 5) is 0. The molecule has 0 radical (unpaired) electrons. The summed E-state index contributed by atoms with van der Waals surface area (Å²) in [6.07, 6.45) is 2.46. The highest BCUT2D eigenvalue weighted by Gasteiger charge is 2.17. The van der Waals surface area contributed by atoms with E-state index < -0.39 is 5.60 Å². The minimum atomic E-state index is -0.544. The van der Waals surface area contributed by atoms with Gasteiger partial charge in [0.25, 0.3) is 0 Å². The summed E-state index contributed by atoms with van der Waals surface area (Å²) in [5, 5.41) is 9.70. The largest absolute Gasteiger partial charge is 0.468 e. The van der Waals surface area contributed by atoms with Gasteiger partial charge in [-0.3, -0.25) is 0 Å². The van der Waals surface area contributed by atoms with Crippen LogP contribution in [0.1, 0.15) is 26.0 Å². The molecule has 0 aliphatic heterocycles. The third-order valence-electron chi connectivity index (χ3n) is 2.00. The molecular formula is C10H16O2S. The Balaban J connectivity index is 2.21. The molecule has 1 rings (SSSR count). The number of rotatable bonds is 5. The monoisotopic (exact) mass is 200 g/mol.